The predicted molar refractivity (Wildman–Crippen MR) is 145 cm³/mol. The fourth-order valence-corrected chi connectivity index (χ4v) is 5.84. The van der Waals surface area contributed by atoms with Gasteiger partial charge < -0.3 is 14.4 Å². The molecule has 0 unspecified atom stereocenters. The summed E-state index contributed by atoms with van der Waals surface area (Å²) in [4.78, 5) is 26.9. The maximum absolute atomic E-state index is 13.6. The van der Waals surface area contributed by atoms with Gasteiger partial charge in [-0.15, -0.1) is 0 Å². The number of hydrogen-bond donors (Lipinski definition) is 2. The number of amidine groups is 1. The number of nitrogens with one attached hydrogen (secondary N) is 2. The third kappa shape index (κ3) is 6.99. The summed E-state index contributed by atoms with van der Waals surface area (Å²) in [5.74, 6) is -0.599. The van der Waals surface area contributed by atoms with Crippen molar-refractivity contribution in [1.29, 1.82) is 0 Å². The van der Waals surface area contributed by atoms with E-state index in [4.69, 9.17) is 9.47 Å². The standard InChI is InChI=1S/C26H29FN6O5S/c1-37-21-11-6-12-22(38-2)24(21)30-23(31-32-25(34)18-8-4-3-5-9-18)17-39(35,36)20-10-7-13-33(16-20)26-28-14-19(27)15-29-26/h3-6,8-9,11-12,14-15,20H,7,10,13,16-17H2,1-2H3,(H,30,31)(H,32,34)/t20-/m0/s1. The molecule has 1 aliphatic heterocycles. The molecule has 2 N–H and O–H groups in total. The van der Waals surface area contributed by atoms with Crippen molar-refractivity contribution in [2.45, 2.75) is 18.1 Å². The molecule has 0 bridgehead atoms. The van der Waals surface area contributed by atoms with E-state index < -0.39 is 32.6 Å². The van der Waals surface area contributed by atoms with Crippen LogP contribution in [0.15, 0.2) is 65.9 Å². The fourth-order valence-electron chi connectivity index (χ4n) is 4.15. The van der Waals surface area contributed by atoms with Gasteiger partial charge in [-0.3, -0.25) is 15.6 Å². The maximum atomic E-state index is 13.6. The van der Waals surface area contributed by atoms with Crippen LogP contribution in [-0.4, -0.2) is 68.4 Å². The lowest BCUT2D eigenvalue weighted by atomic mass is 10.1. The lowest BCUT2D eigenvalue weighted by Crippen LogP contribution is -2.48. The smallest absolute Gasteiger partial charge is 0.269 e. The van der Waals surface area contributed by atoms with Gasteiger partial charge in [0.2, 0.25) is 5.95 Å². The summed E-state index contributed by atoms with van der Waals surface area (Å²) in [6.07, 6.45) is 3.09. The molecule has 1 fully saturated rings. The van der Waals surface area contributed by atoms with Crippen LogP contribution in [0.4, 0.5) is 16.0 Å². The first-order chi connectivity index (χ1) is 18.8. The molecule has 13 heteroatoms. The molecule has 1 aromatic heterocycles. The Balaban J connectivity index is 1.60. The Hall–Kier alpha value is -4.26. The molecule has 0 radical (unpaired) electrons. The van der Waals surface area contributed by atoms with Crippen molar-refractivity contribution in [2.24, 2.45) is 4.99 Å². The third-order valence-electron chi connectivity index (χ3n) is 6.12. The lowest BCUT2D eigenvalue weighted by Gasteiger charge is -2.32. The monoisotopic (exact) mass is 556 g/mol. The second kappa shape index (κ2) is 12.5. The number of hydrazine groups is 1. The summed E-state index contributed by atoms with van der Waals surface area (Å²) < 4.78 is 51.3. The van der Waals surface area contributed by atoms with E-state index in [0.29, 0.717) is 36.4 Å². The van der Waals surface area contributed by atoms with Crippen LogP contribution in [0, 0.1) is 5.82 Å². The zero-order valence-electron chi connectivity index (χ0n) is 21.5. The van der Waals surface area contributed by atoms with Crippen LogP contribution in [0.3, 0.4) is 0 Å². The molecule has 0 aliphatic carbocycles. The number of amides is 1. The molecule has 2 aromatic carbocycles. The number of nitrogens with zero attached hydrogens (tertiary/aromatic N) is 4. The van der Waals surface area contributed by atoms with E-state index in [0.717, 1.165) is 12.4 Å². The van der Waals surface area contributed by atoms with Gasteiger partial charge in [0.05, 0.1) is 31.9 Å². The van der Waals surface area contributed by atoms with Crippen molar-refractivity contribution in [3.8, 4) is 11.5 Å². The molecule has 4 rings (SSSR count). The summed E-state index contributed by atoms with van der Waals surface area (Å²) in [6, 6.07) is 13.5. The van der Waals surface area contributed by atoms with E-state index in [9.17, 15) is 17.6 Å². The number of carbonyl (C=O) groups is 1. The molecule has 1 amide bonds. The number of methoxy groups -OCH3 is 2. The van der Waals surface area contributed by atoms with Crippen molar-refractivity contribution in [3.63, 3.8) is 0 Å². The van der Waals surface area contributed by atoms with Gasteiger partial charge in [-0.25, -0.2) is 27.8 Å². The number of ether oxygens (including phenoxy) is 2. The zero-order valence-corrected chi connectivity index (χ0v) is 22.3. The first kappa shape index (κ1) is 27.8. The molecule has 1 saturated heterocycles. The Kier molecular flexibility index (Phi) is 8.92. The number of aromatic nitrogens is 2. The molecule has 3 aromatic rings. The molecule has 1 atom stereocenters. The van der Waals surface area contributed by atoms with E-state index in [1.807, 2.05) is 0 Å². The zero-order chi connectivity index (χ0) is 27.8. The van der Waals surface area contributed by atoms with E-state index in [2.05, 4.69) is 25.8 Å². The van der Waals surface area contributed by atoms with Gasteiger partial charge in [-0.1, -0.05) is 24.3 Å². The van der Waals surface area contributed by atoms with Crippen LogP contribution in [0.5, 0.6) is 11.5 Å². The maximum Gasteiger partial charge on any atom is 0.269 e. The van der Waals surface area contributed by atoms with Crippen LogP contribution in [0.2, 0.25) is 0 Å². The average Bonchev–Trinajstić information content (AvgIpc) is 2.96. The quantitative estimate of drug-likeness (QED) is 0.244. The van der Waals surface area contributed by atoms with Crippen molar-refractivity contribution in [3.05, 3.63) is 72.3 Å². The second-order valence-electron chi connectivity index (χ2n) is 8.73. The Morgan fingerprint density at radius 3 is 2.36 bits per heavy atom. The highest BCUT2D eigenvalue weighted by Crippen LogP contribution is 2.37. The van der Waals surface area contributed by atoms with Crippen molar-refractivity contribution >= 4 is 33.2 Å². The molecule has 0 spiro atoms. The highest BCUT2D eigenvalue weighted by atomic mass is 32.2. The Labute approximate surface area is 226 Å². The number of piperidine rings is 1. The normalized spacial score (nSPS) is 15.9. The van der Waals surface area contributed by atoms with Gasteiger partial charge in [0.1, 0.15) is 28.8 Å². The number of carbonyl (C=O) groups excluding carboxylic acids is 1. The van der Waals surface area contributed by atoms with E-state index in [1.165, 1.54) is 14.2 Å². The van der Waals surface area contributed by atoms with Crippen molar-refractivity contribution < 1.29 is 27.1 Å². The minimum Gasteiger partial charge on any atom is -0.494 e. The first-order valence-corrected chi connectivity index (χ1v) is 13.9. The molecule has 206 valence electrons. The van der Waals surface area contributed by atoms with Crippen molar-refractivity contribution in [1.82, 2.24) is 20.8 Å². The van der Waals surface area contributed by atoms with Gasteiger partial charge in [0.25, 0.3) is 5.91 Å². The Morgan fingerprint density at radius 1 is 1.05 bits per heavy atom. The van der Waals surface area contributed by atoms with Crippen LogP contribution in [0.25, 0.3) is 0 Å². The van der Waals surface area contributed by atoms with Gasteiger partial charge in [-0.05, 0) is 37.1 Å². The summed E-state index contributed by atoms with van der Waals surface area (Å²) in [6.45, 7) is 0.679. The number of hydrogen-bond acceptors (Lipinski definition) is 9. The highest BCUT2D eigenvalue weighted by Gasteiger charge is 2.33. The Morgan fingerprint density at radius 2 is 1.72 bits per heavy atom. The van der Waals surface area contributed by atoms with Gasteiger partial charge in [0, 0.05) is 18.7 Å². The number of halogens is 1. The molecule has 0 saturated carbocycles. The largest absolute Gasteiger partial charge is 0.494 e. The molecular formula is C26H29FN6O5S. The summed E-state index contributed by atoms with van der Waals surface area (Å²) in [5.41, 5.74) is 5.86. The molecular weight excluding hydrogens is 527 g/mol. The molecule has 1 aliphatic rings. The number of rotatable bonds is 8. The summed E-state index contributed by atoms with van der Waals surface area (Å²) in [5, 5.41) is -0.767. The van der Waals surface area contributed by atoms with Gasteiger partial charge in [-0.2, -0.15) is 0 Å². The summed E-state index contributed by atoms with van der Waals surface area (Å²) >= 11 is 0. The number of benzene rings is 2. The van der Waals surface area contributed by atoms with E-state index >= 15 is 0 Å². The topological polar surface area (TPSA) is 135 Å². The first-order valence-electron chi connectivity index (χ1n) is 12.1. The van der Waals surface area contributed by atoms with Gasteiger partial charge >= 0.3 is 0 Å². The Bertz CT molecular complexity index is 1400. The minimum absolute atomic E-state index is 0.0303. The second-order valence-corrected chi connectivity index (χ2v) is 11.0. The number of para-hydroxylation sites is 1. The SMILES string of the molecule is COc1cccc(OC)c1N=C(CS(=O)(=O)[C@H]1CCCN(c2ncc(F)cn2)C1)NNC(=O)c1ccccc1. The molecule has 39 heavy (non-hydrogen) atoms. The van der Waals surface area contributed by atoms with Crippen LogP contribution < -0.4 is 25.2 Å². The van der Waals surface area contributed by atoms with Crippen LogP contribution >= 0.6 is 0 Å². The van der Waals surface area contributed by atoms with Crippen LogP contribution in [0.1, 0.15) is 23.2 Å². The fraction of sp³-hybridized carbons (Fsp3) is 0.308. The van der Waals surface area contributed by atoms with Crippen molar-refractivity contribution in [2.75, 3.05) is 38.0 Å². The number of anilines is 1. The molecule has 2 heterocycles. The van der Waals surface area contributed by atoms with Gasteiger partial charge in [0.15, 0.2) is 15.7 Å². The third-order valence-corrected chi connectivity index (χ3v) is 8.19. The van der Waals surface area contributed by atoms with E-state index in [1.54, 1.807) is 53.4 Å². The predicted octanol–water partition coefficient (Wildman–Crippen LogP) is 2.68. The lowest BCUT2D eigenvalue weighted by molar-refractivity contribution is 0.0943. The number of sulfone groups is 1. The van der Waals surface area contributed by atoms with Crippen LogP contribution in [-0.2, 0) is 9.84 Å². The molecule has 11 nitrogen and oxygen atoms in total. The highest BCUT2D eigenvalue weighted by molar-refractivity contribution is 7.92. The summed E-state index contributed by atoms with van der Waals surface area (Å²) in [7, 11) is -0.878. The number of aliphatic imine (C=N–C) groups is 1. The van der Waals surface area contributed by atoms with E-state index in [-0.39, 0.29) is 24.0 Å². The minimum atomic E-state index is -3.80. The average molecular weight is 557 g/mol.